The second-order valence-corrected chi connectivity index (χ2v) is 15.0. The fourth-order valence-corrected chi connectivity index (χ4v) is 10.8. The molecule has 4 fully saturated rings. The largest absolute Gasteiger partial charge is 0.481 e. The summed E-state index contributed by atoms with van der Waals surface area (Å²) in [5, 5.41) is 43.3. The van der Waals surface area contributed by atoms with Crippen LogP contribution in [0, 0.1) is 50.2 Å². The lowest BCUT2D eigenvalue weighted by molar-refractivity contribution is -0.219. The highest BCUT2D eigenvalue weighted by Gasteiger charge is 2.71. The van der Waals surface area contributed by atoms with Crippen LogP contribution in [0.1, 0.15) is 99.3 Å². The van der Waals surface area contributed by atoms with Gasteiger partial charge in [0, 0.05) is 6.61 Å². The van der Waals surface area contributed by atoms with Gasteiger partial charge in [0.2, 0.25) is 0 Å². The predicted octanol–water partition coefficient (Wildman–Crippen LogP) is 5.18. The number of aliphatic hydroxyl groups is 3. The number of rotatable bonds is 2. The van der Waals surface area contributed by atoms with Crippen LogP contribution in [-0.4, -0.2) is 45.2 Å². The number of aliphatic carboxylic acids is 1. The maximum Gasteiger partial charge on any atom is 0.312 e. The van der Waals surface area contributed by atoms with Crippen LogP contribution < -0.4 is 0 Å². The Morgan fingerprint density at radius 3 is 2.23 bits per heavy atom. The molecule has 0 aromatic heterocycles. The molecule has 4 N–H and O–H groups in total. The van der Waals surface area contributed by atoms with Gasteiger partial charge in [-0.1, -0.05) is 53.2 Å². The average molecular weight is 489 g/mol. The zero-order chi connectivity index (χ0) is 25.8. The van der Waals surface area contributed by atoms with E-state index in [2.05, 4.69) is 47.6 Å². The molecule has 0 aromatic rings. The van der Waals surface area contributed by atoms with Crippen molar-refractivity contribution in [3.63, 3.8) is 0 Å². The van der Waals surface area contributed by atoms with E-state index in [9.17, 15) is 25.2 Å². The van der Waals surface area contributed by atoms with Crippen LogP contribution in [0.25, 0.3) is 0 Å². The number of carboxylic acid groups (broad SMARTS) is 1. The van der Waals surface area contributed by atoms with Crippen LogP contribution in [0.15, 0.2) is 11.6 Å². The molecule has 3 unspecified atom stereocenters. The van der Waals surface area contributed by atoms with E-state index < -0.39 is 17.5 Å². The minimum atomic E-state index is -1.15. The first-order chi connectivity index (χ1) is 16.1. The summed E-state index contributed by atoms with van der Waals surface area (Å²) < 4.78 is 0. The second-order valence-electron chi connectivity index (χ2n) is 15.0. The van der Waals surface area contributed by atoms with Gasteiger partial charge in [0.1, 0.15) is 5.41 Å². The van der Waals surface area contributed by atoms with Crippen LogP contribution in [0.5, 0.6) is 0 Å². The summed E-state index contributed by atoms with van der Waals surface area (Å²) in [6.45, 7) is 13.8. The maximum atomic E-state index is 12.8. The van der Waals surface area contributed by atoms with Gasteiger partial charge < -0.3 is 20.4 Å². The number of hydrogen-bond donors (Lipinski definition) is 4. The first-order valence-corrected chi connectivity index (χ1v) is 14.0. The first kappa shape index (κ1) is 25.7. The zero-order valence-corrected chi connectivity index (χ0v) is 22.7. The molecule has 0 radical (unpaired) electrons. The van der Waals surface area contributed by atoms with E-state index in [0.717, 1.165) is 32.1 Å². The van der Waals surface area contributed by atoms with Crippen LogP contribution in [0.2, 0.25) is 0 Å². The lowest BCUT2D eigenvalue weighted by Crippen LogP contribution is -2.67. The van der Waals surface area contributed by atoms with Gasteiger partial charge in [-0.25, -0.2) is 0 Å². The van der Waals surface area contributed by atoms with Crippen molar-refractivity contribution in [3.8, 4) is 0 Å². The standard InChI is InChI=1S/C30H48O5/c1-25(2)20-9-12-28(5)21(27(20,4)11-10-22(25)32)8-7-18-19-15-26(3,17-31)13-14-30(19,24(34)35)23(33)16-29(18,28)6/h7,19-23,31-33H,8-17H2,1-6H3,(H,34,35)/t19?,20?,21?,22-,23+,26+,27-,28+,29+,30+/m0/s1. The van der Waals surface area contributed by atoms with Crippen LogP contribution in [0.4, 0.5) is 0 Å². The van der Waals surface area contributed by atoms with Gasteiger partial charge in [0.25, 0.3) is 0 Å². The average Bonchev–Trinajstić information content (AvgIpc) is 2.77. The van der Waals surface area contributed by atoms with E-state index in [1.54, 1.807) is 0 Å². The maximum absolute atomic E-state index is 12.8. The monoisotopic (exact) mass is 488 g/mol. The summed E-state index contributed by atoms with van der Waals surface area (Å²) in [6.07, 6.45) is 8.31. The molecule has 0 bridgehead atoms. The summed E-state index contributed by atoms with van der Waals surface area (Å²) >= 11 is 0. The number of fused-ring (bicyclic) bond motifs is 7. The van der Waals surface area contributed by atoms with Gasteiger partial charge >= 0.3 is 5.97 Å². The van der Waals surface area contributed by atoms with Crippen molar-refractivity contribution in [1.82, 2.24) is 0 Å². The molecule has 5 nitrogen and oxygen atoms in total. The highest BCUT2D eigenvalue weighted by molar-refractivity contribution is 5.77. The molecule has 5 heteroatoms. The molecule has 0 aliphatic heterocycles. The lowest BCUT2D eigenvalue weighted by Gasteiger charge is -2.71. The normalized spacial score (nSPS) is 55.0. The van der Waals surface area contributed by atoms with E-state index in [0.29, 0.717) is 37.5 Å². The van der Waals surface area contributed by atoms with E-state index in [1.807, 2.05) is 0 Å². The quantitative estimate of drug-likeness (QED) is 0.402. The van der Waals surface area contributed by atoms with E-state index >= 15 is 0 Å². The van der Waals surface area contributed by atoms with Crippen molar-refractivity contribution in [2.75, 3.05) is 6.61 Å². The third-order valence-corrected chi connectivity index (χ3v) is 13.3. The van der Waals surface area contributed by atoms with Crippen LogP contribution in [-0.2, 0) is 4.79 Å². The molecule has 10 atom stereocenters. The van der Waals surface area contributed by atoms with Crippen LogP contribution in [0.3, 0.4) is 0 Å². The van der Waals surface area contributed by atoms with E-state index in [1.165, 1.54) is 5.57 Å². The zero-order valence-electron chi connectivity index (χ0n) is 22.7. The topological polar surface area (TPSA) is 98.0 Å². The third kappa shape index (κ3) is 3.01. The fourth-order valence-electron chi connectivity index (χ4n) is 10.8. The van der Waals surface area contributed by atoms with Gasteiger partial charge in [0.05, 0.1) is 12.2 Å². The molecule has 198 valence electrons. The molecule has 5 rings (SSSR count). The van der Waals surface area contributed by atoms with Gasteiger partial charge in [-0.05, 0) is 103 Å². The first-order valence-electron chi connectivity index (χ1n) is 14.0. The molecule has 0 spiro atoms. The molecule has 35 heavy (non-hydrogen) atoms. The Labute approximate surface area is 211 Å². The van der Waals surface area contributed by atoms with Gasteiger partial charge in [-0.3, -0.25) is 4.79 Å². The number of carbonyl (C=O) groups is 1. The Morgan fingerprint density at radius 2 is 1.60 bits per heavy atom. The smallest absolute Gasteiger partial charge is 0.312 e. The van der Waals surface area contributed by atoms with Gasteiger partial charge in [-0.2, -0.15) is 0 Å². The van der Waals surface area contributed by atoms with Gasteiger partial charge in [-0.15, -0.1) is 0 Å². The van der Waals surface area contributed by atoms with Crippen molar-refractivity contribution in [2.24, 2.45) is 50.2 Å². The minimum absolute atomic E-state index is 0.0422. The summed E-state index contributed by atoms with van der Waals surface area (Å²) in [4.78, 5) is 12.8. The molecule has 5 aliphatic carbocycles. The highest BCUT2D eigenvalue weighted by Crippen LogP contribution is 2.75. The Bertz CT molecular complexity index is 941. The summed E-state index contributed by atoms with van der Waals surface area (Å²) in [7, 11) is 0. The van der Waals surface area contributed by atoms with Crippen molar-refractivity contribution < 1.29 is 25.2 Å². The SMILES string of the molecule is CC1(C)C2CC[C@]3(C)C(CC=C4C5C[C@](C)(CO)CC[C@]5(C(=O)O)[C@H](O)C[C@]43C)[C@@]2(C)CC[C@@H]1O. The molecule has 0 amide bonds. The lowest BCUT2D eigenvalue weighted by atomic mass is 9.33. The van der Waals surface area contributed by atoms with Crippen LogP contribution >= 0.6 is 0 Å². The Hall–Kier alpha value is -0.910. The van der Waals surface area contributed by atoms with Crippen molar-refractivity contribution in [3.05, 3.63) is 11.6 Å². The molecular formula is C30H48O5. The Morgan fingerprint density at radius 1 is 0.914 bits per heavy atom. The van der Waals surface area contributed by atoms with E-state index in [4.69, 9.17) is 0 Å². The summed E-state index contributed by atoms with van der Waals surface area (Å²) in [5.41, 5.74) is -0.537. The Kier molecular flexibility index (Phi) is 5.56. The molecule has 4 saturated carbocycles. The summed E-state index contributed by atoms with van der Waals surface area (Å²) in [6, 6.07) is 0. The van der Waals surface area contributed by atoms with Crippen molar-refractivity contribution in [1.29, 1.82) is 0 Å². The van der Waals surface area contributed by atoms with Gasteiger partial charge in [0.15, 0.2) is 0 Å². The second kappa shape index (κ2) is 7.57. The minimum Gasteiger partial charge on any atom is -0.481 e. The molecule has 0 saturated heterocycles. The number of allylic oxidation sites excluding steroid dienone is 2. The molecule has 5 aliphatic rings. The van der Waals surface area contributed by atoms with Crippen molar-refractivity contribution in [2.45, 2.75) is 112 Å². The third-order valence-electron chi connectivity index (χ3n) is 13.3. The number of aliphatic hydroxyl groups excluding tert-OH is 3. The number of hydrogen-bond acceptors (Lipinski definition) is 4. The Balaban J connectivity index is 1.63. The summed E-state index contributed by atoms with van der Waals surface area (Å²) in [5.74, 6) is -0.225. The fraction of sp³-hybridized carbons (Fsp3) is 0.900. The van der Waals surface area contributed by atoms with E-state index in [-0.39, 0.29) is 45.7 Å². The molecule has 0 aromatic carbocycles. The molecule has 0 heterocycles. The molecular weight excluding hydrogens is 440 g/mol. The predicted molar refractivity (Wildman–Crippen MR) is 135 cm³/mol. The van der Waals surface area contributed by atoms with Crippen molar-refractivity contribution >= 4 is 5.97 Å². The number of carboxylic acids is 1. The highest BCUT2D eigenvalue weighted by atomic mass is 16.4.